The monoisotopic (exact) mass is 283 g/mol. The van der Waals surface area contributed by atoms with Crippen molar-refractivity contribution >= 4 is 0 Å². The Kier molecular flexibility index (Phi) is 4.03. The standard InChI is InChI=1S/C20H29N/c1-2-8-16(9-3-1)15-21-19-12-6-4-10-17(19)14-18-11-5-7-13-20(18)21/h1-3,8-9,17-20H,4-7,10-15H2. The van der Waals surface area contributed by atoms with E-state index < -0.39 is 0 Å². The maximum absolute atomic E-state index is 2.95. The topological polar surface area (TPSA) is 3.24 Å². The molecule has 3 aliphatic rings. The van der Waals surface area contributed by atoms with E-state index >= 15 is 0 Å². The minimum Gasteiger partial charge on any atom is -0.293 e. The second kappa shape index (κ2) is 6.12. The molecule has 0 spiro atoms. The SMILES string of the molecule is c1ccc(CN2C3CCCCC3CC3CCCCC32)cc1. The number of likely N-dealkylation sites (tertiary alicyclic amines) is 1. The Labute approximate surface area is 129 Å². The Hall–Kier alpha value is -0.820. The summed E-state index contributed by atoms with van der Waals surface area (Å²) in [5.41, 5.74) is 1.52. The first-order valence-electron chi connectivity index (χ1n) is 9.21. The summed E-state index contributed by atoms with van der Waals surface area (Å²) >= 11 is 0. The van der Waals surface area contributed by atoms with Crippen molar-refractivity contribution in [3.8, 4) is 0 Å². The molecular formula is C20H29N. The van der Waals surface area contributed by atoms with Crippen molar-refractivity contribution < 1.29 is 0 Å². The average Bonchev–Trinajstić information content (AvgIpc) is 2.55. The third-order valence-electron chi connectivity index (χ3n) is 6.40. The highest BCUT2D eigenvalue weighted by molar-refractivity contribution is 5.15. The van der Waals surface area contributed by atoms with Gasteiger partial charge in [0.2, 0.25) is 0 Å². The maximum Gasteiger partial charge on any atom is 0.0239 e. The zero-order valence-electron chi connectivity index (χ0n) is 13.2. The van der Waals surface area contributed by atoms with E-state index in [1.165, 1.54) is 63.5 Å². The average molecular weight is 283 g/mol. The molecule has 1 aromatic rings. The highest BCUT2D eigenvalue weighted by Crippen LogP contribution is 2.45. The van der Waals surface area contributed by atoms with Crippen molar-refractivity contribution in [3.63, 3.8) is 0 Å². The third kappa shape index (κ3) is 2.77. The van der Waals surface area contributed by atoms with Gasteiger partial charge in [0.25, 0.3) is 0 Å². The molecule has 4 atom stereocenters. The van der Waals surface area contributed by atoms with Gasteiger partial charge in [-0.2, -0.15) is 0 Å². The van der Waals surface area contributed by atoms with E-state index in [2.05, 4.69) is 35.2 Å². The number of benzene rings is 1. The first kappa shape index (κ1) is 13.8. The van der Waals surface area contributed by atoms with Gasteiger partial charge in [0.1, 0.15) is 0 Å². The van der Waals surface area contributed by atoms with Crippen LogP contribution >= 0.6 is 0 Å². The van der Waals surface area contributed by atoms with Crippen LogP contribution in [0.5, 0.6) is 0 Å². The Bertz CT molecular complexity index is 432. The summed E-state index contributed by atoms with van der Waals surface area (Å²) in [6.07, 6.45) is 13.4. The molecule has 3 fully saturated rings. The molecule has 21 heavy (non-hydrogen) atoms. The first-order chi connectivity index (χ1) is 10.4. The van der Waals surface area contributed by atoms with Gasteiger partial charge < -0.3 is 0 Å². The van der Waals surface area contributed by atoms with Gasteiger partial charge in [-0.25, -0.2) is 0 Å². The smallest absolute Gasteiger partial charge is 0.0239 e. The molecule has 1 heteroatoms. The molecule has 2 saturated carbocycles. The van der Waals surface area contributed by atoms with Crippen LogP contribution in [0.3, 0.4) is 0 Å². The molecule has 1 saturated heterocycles. The Balaban J connectivity index is 1.59. The Morgan fingerprint density at radius 2 is 1.33 bits per heavy atom. The van der Waals surface area contributed by atoms with Gasteiger partial charge in [0, 0.05) is 18.6 Å². The number of piperidine rings is 1. The molecule has 4 rings (SSSR count). The molecule has 0 radical (unpaired) electrons. The lowest BCUT2D eigenvalue weighted by molar-refractivity contribution is -0.0441. The number of fused-ring (bicyclic) bond motifs is 2. The predicted octanol–water partition coefficient (Wildman–Crippen LogP) is 5.01. The molecule has 0 amide bonds. The summed E-state index contributed by atoms with van der Waals surface area (Å²) < 4.78 is 0. The van der Waals surface area contributed by atoms with Crippen molar-refractivity contribution in [2.75, 3.05) is 0 Å². The highest BCUT2D eigenvalue weighted by atomic mass is 15.2. The molecule has 1 heterocycles. The molecule has 0 N–H and O–H groups in total. The van der Waals surface area contributed by atoms with Gasteiger partial charge in [0.15, 0.2) is 0 Å². The van der Waals surface area contributed by atoms with Gasteiger partial charge in [-0.15, -0.1) is 0 Å². The summed E-state index contributed by atoms with van der Waals surface area (Å²) in [6.45, 7) is 1.20. The second-order valence-corrected chi connectivity index (χ2v) is 7.62. The number of hydrogen-bond donors (Lipinski definition) is 0. The summed E-state index contributed by atoms with van der Waals surface area (Å²) in [5, 5.41) is 0. The van der Waals surface area contributed by atoms with E-state index in [0.29, 0.717) is 0 Å². The van der Waals surface area contributed by atoms with E-state index in [4.69, 9.17) is 0 Å². The predicted molar refractivity (Wildman–Crippen MR) is 88.1 cm³/mol. The van der Waals surface area contributed by atoms with Gasteiger partial charge in [0.05, 0.1) is 0 Å². The van der Waals surface area contributed by atoms with E-state index in [1.807, 2.05) is 0 Å². The zero-order valence-corrected chi connectivity index (χ0v) is 13.2. The first-order valence-corrected chi connectivity index (χ1v) is 9.21. The van der Waals surface area contributed by atoms with E-state index in [-0.39, 0.29) is 0 Å². The van der Waals surface area contributed by atoms with Crippen LogP contribution in [0.2, 0.25) is 0 Å². The van der Waals surface area contributed by atoms with Gasteiger partial charge in [-0.3, -0.25) is 4.90 Å². The van der Waals surface area contributed by atoms with E-state index in [9.17, 15) is 0 Å². The van der Waals surface area contributed by atoms with Crippen molar-refractivity contribution in [2.45, 2.75) is 76.4 Å². The highest BCUT2D eigenvalue weighted by Gasteiger charge is 2.43. The number of rotatable bonds is 2. The molecule has 4 unspecified atom stereocenters. The van der Waals surface area contributed by atoms with Crippen LogP contribution in [0.1, 0.15) is 63.4 Å². The lowest BCUT2D eigenvalue weighted by Crippen LogP contribution is -2.56. The van der Waals surface area contributed by atoms with Crippen LogP contribution in [0, 0.1) is 11.8 Å². The van der Waals surface area contributed by atoms with Crippen LogP contribution in [-0.4, -0.2) is 17.0 Å². The molecule has 1 aromatic carbocycles. The van der Waals surface area contributed by atoms with Crippen molar-refractivity contribution in [1.82, 2.24) is 4.90 Å². The molecule has 0 aromatic heterocycles. The molecule has 1 nitrogen and oxygen atoms in total. The minimum absolute atomic E-state index is 0.887. The fraction of sp³-hybridized carbons (Fsp3) is 0.700. The lowest BCUT2D eigenvalue weighted by Gasteiger charge is -2.54. The molecule has 114 valence electrons. The summed E-state index contributed by atoms with van der Waals surface area (Å²) in [4.78, 5) is 2.95. The van der Waals surface area contributed by atoms with Gasteiger partial charge in [-0.1, -0.05) is 56.0 Å². The van der Waals surface area contributed by atoms with Gasteiger partial charge in [-0.05, 0) is 49.5 Å². The second-order valence-electron chi connectivity index (χ2n) is 7.62. The van der Waals surface area contributed by atoms with Crippen LogP contribution < -0.4 is 0 Å². The molecule has 2 aliphatic carbocycles. The normalized spacial score (nSPS) is 36.8. The van der Waals surface area contributed by atoms with Crippen LogP contribution in [0.4, 0.5) is 0 Å². The minimum atomic E-state index is 0.887. The lowest BCUT2D eigenvalue weighted by atomic mass is 9.68. The maximum atomic E-state index is 2.95. The summed E-state index contributed by atoms with van der Waals surface area (Å²) in [7, 11) is 0. The quantitative estimate of drug-likeness (QED) is 0.737. The molecular weight excluding hydrogens is 254 g/mol. The van der Waals surface area contributed by atoms with E-state index in [0.717, 1.165) is 23.9 Å². The number of hydrogen-bond acceptors (Lipinski definition) is 1. The van der Waals surface area contributed by atoms with Crippen molar-refractivity contribution in [2.24, 2.45) is 11.8 Å². The van der Waals surface area contributed by atoms with E-state index in [1.54, 1.807) is 6.42 Å². The van der Waals surface area contributed by atoms with Gasteiger partial charge >= 0.3 is 0 Å². The molecule has 0 bridgehead atoms. The fourth-order valence-electron chi connectivity index (χ4n) is 5.46. The fourth-order valence-corrected chi connectivity index (χ4v) is 5.46. The van der Waals surface area contributed by atoms with Crippen LogP contribution in [0.15, 0.2) is 30.3 Å². The zero-order chi connectivity index (χ0) is 14.1. The summed E-state index contributed by atoms with van der Waals surface area (Å²) in [5.74, 6) is 2.00. The van der Waals surface area contributed by atoms with Crippen LogP contribution in [-0.2, 0) is 6.54 Å². The van der Waals surface area contributed by atoms with Crippen LogP contribution in [0.25, 0.3) is 0 Å². The largest absolute Gasteiger partial charge is 0.293 e. The third-order valence-corrected chi connectivity index (χ3v) is 6.40. The van der Waals surface area contributed by atoms with Crippen molar-refractivity contribution in [3.05, 3.63) is 35.9 Å². The number of nitrogens with zero attached hydrogens (tertiary/aromatic N) is 1. The Morgan fingerprint density at radius 1 is 0.762 bits per heavy atom. The molecule has 1 aliphatic heterocycles. The Morgan fingerprint density at radius 3 is 1.95 bits per heavy atom. The van der Waals surface area contributed by atoms with Crippen molar-refractivity contribution in [1.29, 1.82) is 0 Å². The summed E-state index contributed by atoms with van der Waals surface area (Å²) in [6, 6.07) is 13.0.